The van der Waals surface area contributed by atoms with Crippen LogP contribution in [0.15, 0.2) is 12.1 Å². The predicted molar refractivity (Wildman–Crippen MR) is 66.0 cm³/mol. The number of carbonyl (C=O) groups is 1. The average molecular weight is 296 g/mol. The maximum atomic E-state index is 11.0. The number of hydrogen-bond acceptors (Lipinski definition) is 3. The molecule has 1 unspecified atom stereocenters. The van der Waals surface area contributed by atoms with Crippen LogP contribution in [0.3, 0.4) is 0 Å². The molecule has 2 rings (SSSR count). The molecule has 0 spiro atoms. The van der Waals surface area contributed by atoms with Gasteiger partial charge < -0.3 is 9.47 Å². The van der Waals surface area contributed by atoms with E-state index in [0.717, 1.165) is 0 Å². The minimum absolute atomic E-state index is 0.252. The summed E-state index contributed by atoms with van der Waals surface area (Å²) in [5.74, 6) is -0.210. The Bertz CT molecular complexity index is 469. The summed E-state index contributed by atoms with van der Waals surface area (Å²) in [6, 6.07) is 3.20. The van der Waals surface area contributed by atoms with Gasteiger partial charge >= 0.3 is 5.97 Å². The van der Waals surface area contributed by atoms with Gasteiger partial charge in [0.25, 0.3) is 0 Å². The van der Waals surface area contributed by atoms with Crippen LogP contribution < -0.4 is 4.74 Å². The Kier molecular flexibility index (Phi) is 3.55. The first-order valence-electron chi connectivity index (χ1n) is 4.89. The highest BCUT2D eigenvalue weighted by molar-refractivity contribution is 6.35. The lowest BCUT2D eigenvalue weighted by atomic mass is 10.1. The fourth-order valence-corrected chi connectivity index (χ4v) is 2.06. The Balaban J connectivity index is 2.38. The molecule has 6 heteroatoms. The lowest BCUT2D eigenvalue weighted by Crippen LogP contribution is -2.10. The van der Waals surface area contributed by atoms with Crippen LogP contribution in [0, 0.1) is 0 Å². The molecule has 1 aromatic rings. The number of hydrogen-bond donors (Lipinski definition) is 0. The molecule has 0 amide bonds. The van der Waals surface area contributed by atoms with Gasteiger partial charge in [0.15, 0.2) is 10.8 Å². The fraction of sp³-hybridized carbons (Fsp3) is 0.364. The van der Waals surface area contributed by atoms with Crippen LogP contribution in [0.1, 0.15) is 12.5 Å². The molecule has 0 radical (unpaired) electrons. The molecular formula is C11H9Cl3O3. The van der Waals surface area contributed by atoms with E-state index < -0.39 is 11.0 Å². The minimum atomic E-state index is -0.747. The minimum Gasteiger partial charge on any atom is -0.425 e. The molecule has 1 saturated heterocycles. The molecule has 0 N–H and O–H groups in total. The number of benzene rings is 1. The highest BCUT2D eigenvalue weighted by Gasteiger charge is 2.44. The first-order valence-corrected chi connectivity index (χ1v) is 6.03. The molecule has 1 atom stereocenters. The smallest absolute Gasteiger partial charge is 0.308 e. The van der Waals surface area contributed by atoms with Crippen LogP contribution in [-0.2, 0) is 16.0 Å². The first-order chi connectivity index (χ1) is 7.91. The Morgan fingerprint density at radius 3 is 2.59 bits per heavy atom. The summed E-state index contributed by atoms with van der Waals surface area (Å²) >= 11 is 18.1. The van der Waals surface area contributed by atoms with E-state index in [0.29, 0.717) is 28.6 Å². The van der Waals surface area contributed by atoms with Crippen molar-refractivity contribution in [2.24, 2.45) is 0 Å². The van der Waals surface area contributed by atoms with E-state index in [-0.39, 0.29) is 5.75 Å². The van der Waals surface area contributed by atoms with Gasteiger partial charge in [-0.25, -0.2) is 0 Å². The maximum Gasteiger partial charge on any atom is 0.308 e. The lowest BCUT2D eigenvalue weighted by molar-refractivity contribution is -0.131. The molecule has 0 bridgehead atoms. The lowest BCUT2D eigenvalue weighted by Gasteiger charge is -2.13. The molecule has 1 aliphatic heterocycles. The average Bonchev–Trinajstić information content (AvgIpc) is 2.95. The van der Waals surface area contributed by atoms with E-state index in [1.54, 1.807) is 12.1 Å². The molecule has 17 heavy (non-hydrogen) atoms. The van der Waals surface area contributed by atoms with Gasteiger partial charge in [-0.3, -0.25) is 4.79 Å². The number of halogens is 3. The van der Waals surface area contributed by atoms with Crippen molar-refractivity contribution < 1.29 is 14.3 Å². The summed E-state index contributed by atoms with van der Waals surface area (Å²) < 4.78 is 10.1. The molecule has 0 aliphatic carbocycles. The van der Waals surface area contributed by atoms with Crippen molar-refractivity contribution in [3.05, 3.63) is 27.7 Å². The van der Waals surface area contributed by atoms with Crippen LogP contribution in [-0.4, -0.2) is 17.6 Å². The van der Waals surface area contributed by atoms with Crippen LogP contribution >= 0.6 is 34.8 Å². The van der Waals surface area contributed by atoms with Crippen molar-refractivity contribution in [1.29, 1.82) is 0 Å². The molecule has 1 fully saturated rings. The summed E-state index contributed by atoms with van der Waals surface area (Å²) in [5, 5.41) is 0.0187. The zero-order valence-electron chi connectivity index (χ0n) is 8.93. The molecule has 1 aliphatic rings. The Morgan fingerprint density at radius 1 is 1.47 bits per heavy atom. The Labute approximate surface area is 114 Å². The molecule has 1 heterocycles. The van der Waals surface area contributed by atoms with E-state index in [1.807, 2.05) is 0 Å². The van der Waals surface area contributed by atoms with Crippen molar-refractivity contribution in [2.75, 3.05) is 6.61 Å². The molecule has 3 nitrogen and oxygen atoms in total. The van der Waals surface area contributed by atoms with E-state index >= 15 is 0 Å². The first kappa shape index (κ1) is 13.0. The van der Waals surface area contributed by atoms with Crippen LogP contribution in [0.2, 0.25) is 10.0 Å². The monoisotopic (exact) mass is 294 g/mol. The van der Waals surface area contributed by atoms with Crippen LogP contribution in [0.5, 0.6) is 5.75 Å². The van der Waals surface area contributed by atoms with Gasteiger partial charge in [0.1, 0.15) is 0 Å². The van der Waals surface area contributed by atoms with Gasteiger partial charge in [0, 0.05) is 23.9 Å². The van der Waals surface area contributed by atoms with Crippen molar-refractivity contribution in [3.63, 3.8) is 0 Å². The summed E-state index contributed by atoms with van der Waals surface area (Å²) in [4.78, 5) is 11.0. The summed E-state index contributed by atoms with van der Waals surface area (Å²) in [6.07, 6.45) is 0.344. The fourth-order valence-electron chi connectivity index (χ4n) is 1.44. The van der Waals surface area contributed by atoms with E-state index in [9.17, 15) is 4.79 Å². The zero-order valence-corrected chi connectivity index (χ0v) is 11.2. The highest BCUT2D eigenvalue weighted by Crippen LogP contribution is 2.42. The van der Waals surface area contributed by atoms with Crippen molar-refractivity contribution in [3.8, 4) is 5.75 Å². The van der Waals surface area contributed by atoms with Gasteiger partial charge in [0.05, 0.1) is 11.6 Å². The van der Waals surface area contributed by atoms with Crippen LogP contribution in [0.25, 0.3) is 0 Å². The summed E-state index contributed by atoms with van der Waals surface area (Å²) in [5.41, 5.74) is 0.585. The Hall–Kier alpha value is -0.480. The normalized spacial score (nSPS) is 22.4. The number of ether oxygens (including phenoxy) is 2. The number of epoxide rings is 1. The molecule has 92 valence electrons. The predicted octanol–water partition coefficient (Wildman–Crippen LogP) is 3.43. The largest absolute Gasteiger partial charge is 0.425 e. The summed E-state index contributed by atoms with van der Waals surface area (Å²) in [6.45, 7) is 1.74. The third-order valence-electron chi connectivity index (χ3n) is 2.30. The van der Waals surface area contributed by atoms with E-state index in [4.69, 9.17) is 44.3 Å². The molecule has 1 aromatic carbocycles. The van der Waals surface area contributed by atoms with Gasteiger partial charge in [-0.2, -0.15) is 0 Å². The number of rotatable bonds is 3. The number of alkyl halides is 1. The zero-order chi connectivity index (χ0) is 12.6. The van der Waals surface area contributed by atoms with Crippen molar-refractivity contribution in [1.82, 2.24) is 0 Å². The number of esters is 1. The van der Waals surface area contributed by atoms with Gasteiger partial charge in [-0.1, -0.05) is 34.8 Å². The van der Waals surface area contributed by atoms with Crippen molar-refractivity contribution in [2.45, 2.75) is 18.4 Å². The second-order valence-corrected chi connectivity index (χ2v) is 5.28. The second-order valence-electron chi connectivity index (χ2n) is 3.78. The standard InChI is InChI=1S/C11H9Cl3O3/c1-6(15)17-10-7(4-11(14)5-16-11)8(12)2-3-9(10)13/h2-3H,4-5H2,1H3. The van der Waals surface area contributed by atoms with Gasteiger partial charge in [-0.05, 0) is 12.1 Å². The topological polar surface area (TPSA) is 38.8 Å². The van der Waals surface area contributed by atoms with E-state index in [1.165, 1.54) is 6.92 Å². The SMILES string of the molecule is CC(=O)Oc1c(Cl)ccc(Cl)c1CC1(Cl)CO1. The van der Waals surface area contributed by atoms with Crippen molar-refractivity contribution >= 4 is 40.8 Å². The molecular weight excluding hydrogens is 286 g/mol. The Morgan fingerprint density at radius 2 is 2.06 bits per heavy atom. The maximum absolute atomic E-state index is 11.0. The third kappa shape index (κ3) is 3.05. The number of carbonyl (C=O) groups excluding carboxylic acids is 1. The summed E-state index contributed by atoms with van der Waals surface area (Å²) in [7, 11) is 0. The second kappa shape index (κ2) is 4.65. The van der Waals surface area contributed by atoms with E-state index in [2.05, 4.69) is 0 Å². The van der Waals surface area contributed by atoms with Gasteiger partial charge in [0.2, 0.25) is 0 Å². The molecule has 0 aromatic heterocycles. The highest BCUT2D eigenvalue weighted by atomic mass is 35.5. The quantitative estimate of drug-likeness (QED) is 0.371. The van der Waals surface area contributed by atoms with Crippen LogP contribution in [0.4, 0.5) is 0 Å². The molecule has 0 saturated carbocycles. The van der Waals surface area contributed by atoms with Gasteiger partial charge in [-0.15, -0.1) is 0 Å². The third-order valence-corrected chi connectivity index (χ3v) is 3.30.